The number of rotatable bonds is 1. The van der Waals surface area contributed by atoms with Crippen LogP contribution in [-0.2, 0) is 0 Å². The molecule has 0 aliphatic rings. The van der Waals surface area contributed by atoms with Crippen molar-refractivity contribution in [1.29, 1.82) is 0 Å². The lowest BCUT2D eigenvalue weighted by Crippen LogP contribution is -1.95. The molecule has 2 aromatic carbocycles. The highest BCUT2D eigenvalue weighted by Gasteiger charge is 2.05. The van der Waals surface area contributed by atoms with Gasteiger partial charge in [0, 0.05) is 10.9 Å². The summed E-state index contributed by atoms with van der Waals surface area (Å²) in [4.78, 5) is 4.53. The maximum absolute atomic E-state index is 6.09. The summed E-state index contributed by atoms with van der Waals surface area (Å²) in [5, 5.41) is 2.16. The topological polar surface area (TPSA) is 38.9 Å². The summed E-state index contributed by atoms with van der Waals surface area (Å²) in [6.07, 6.45) is 0. The molecule has 0 saturated carbocycles. The van der Waals surface area contributed by atoms with Gasteiger partial charge in [-0.05, 0) is 37.4 Å². The molecule has 3 aromatic rings. The minimum absolute atomic E-state index is 0.595. The lowest BCUT2D eigenvalue weighted by atomic mass is 10.0. The van der Waals surface area contributed by atoms with E-state index in [1.54, 1.807) is 0 Å². The van der Waals surface area contributed by atoms with Crippen LogP contribution in [0.25, 0.3) is 22.0 Å². The number of benzene rings is 2. The Morgan fingerprint density at radius 1 is 0.895 bits per heavy atom. The first-order valence-corrected chi connectivity index (χ1v) is 6.37. The molecule has 0 radical (unpaired) electrons. The minimum atomic E-state index is 0.595. The molecule has 94 valence electrons. The third kappa shape index (κ3) is 2.17. The van der Waals surface area contributed by atoms with Crippen molar-refractivity contribution in [2.75, 3.05) is 5.73 Å². The van der Waals surface area contributed by atoms with Crippen LogP contribution >= 0.6 is 0 Å². The summed E-state index contributed by atoms with van der Waals surface area (Å²) in [6, 6.07) is 16.7. The molecular formula is C17H16N2. The zero-order chi connectivity index (χ0) is 13.4. The number of pyridine rings is 1. The summed E-state index contributed by atoms with van der Waals surface area (Å²) in [6.45, 7) is 4.14. The Morgan fingerprint density at radius 3 is 2.47 bits per heavy atom. The first-order valence-electron chi connectivity index (χ1n) is 6.37. The van der Waals surface area contributed by atoms with Gasteiger partial charge in [-0.3, -0.25) is 0 Å². The van der Waals surface area contributed by atoms with Crippen molar-refractivity contribution in [3.63, 3.8) is 0 Å². The van der Waals surface area contributed by atoms with Gasteiger partial charge in [0.15, 0.2) is 0 Å². The van der Waals surface area contributed by atoms with Crippen LogP contribution in [0.3, 0.4) is 0 Å². The van der Waals surface area contributed by atoms with Gasteiger partial charge < -0.3 is 5.73 Å². The number of hydrogen-bond donors (Lipinski definition) is 1. The van der Waals surface area contributed by atoms with E-state index in [-0.39, 0.29) is 0 Å². The average molecular weight is 248 g/mol. The molecule has 3 rings (SSSR count). The van der Waals surface area contributed by atoms with Gasteiger partial charge in [0.25, 0.3) is 0 Å². The quantitative estimate of drug-likeness (QED) is 0.704. The normalized spacial score (nSPS) is 10.8. The number of hydrogen-bond acceptors (Lipinski definition) is 2. The van der Waals surface area contributed by atoms with E-state index >= 15 is 0 Å². The Bertz CT molecular complexity index is 760. The lowest BCUT2D eigenvalue weighted by molar-refractivity contribution is 1.34. The van der Waals surface area contributed by atoms with Crippen LogP contribution in [0.5, 0.6) is 0 Å². The van der Waals surface area contributed by atoms with Gasteiger partial charge >= 0.3 is 0 Å². The van der Waals surface area contributed by atoms with E-state index in [1.165, 1.54) is 11.1 Å². The molecule has 0 unspecified atom stereocenters. The van der Waals surface area contributed by atoms with E-state index in [9.17, 15) is 0 Å². The van der Waals surface area contributed by atoms with Crippen molar-refractivity contribution in [3.8, 4) is 11.3 Å². The first kappa shape index (κ1) is 11.7. The van der Waals surface area contributed by atoms with Crippen molar-refractivity contribution in [1.82, 2.24) is 4.98 Å². The summed E-state index contributed by atoms with van der Waals surface area (Å²) < 4.78 is 0. The van der Waals surface area contributed by atoms with Gasteiger partial charge in [0.05, 0.1) is 5.69 Å². The second kappa shape index (κ2) is 4.39. The number of aryl methyl sites for hydroxylation is 2. The van der Waals surface area contributed by atoms with Gasteiger partial charge in [-0.25, -0.2) is 4.98 Å². The largest absolute Gasteiger partial charge is 0.383 e. The maximum Gasteiger partial charge on any atom is 0.131 e. The molecule has 0 atom stereocenters. The predicted molar refractivity (Wildman–Crippen MR) is 81.1 cm³/mol. The van der Waals surface area contributed by atoms with Crippen LogP contribution < -0.4 is 5.73 Å². The molecule has 0 spiro atoms. The summed E-state index contributed by atoms with van der Waals surface area (Å²) >= 11 is 0. The molecule has 0 bridgehead atoms. The summed E-state index contributed by atoms with van der Waals surface area (Å²) in [7, 11) is 0. The number of nitrogens with zero attached hydrogens (tertiary/aromatic N) is 1. The van der Waals surface area contributed by atoms with Gasteiger partial charge in [-0.2, -0.15) is 0 Å². The third-order valence-electron chi connectivity index (χ3n) is 3.33. The number of fused-ring (bicyclic) bond motifs is 1. The highest BCUT2D eigenvalue weighted by atomic mass is 14.8. The molecule has 0 aliphatic heterocycles. The molecule has 0 amide bonds. The molecule has 2 nitrogen and oxygen atoms in total. The van der Waals surface area contributed by atoms with Crippen LogP contribution in [0.2, 0.25) is 0 Å². The minimum Gasteiger partial charge on any atom is -0.383 e. The fourth-order valence-corrected chi connectivity index (χ4v) is 2.34. The SMILES string of the molecule is Cc1cccc(-c2cc3ccc(C)cc3c(N)n2)c1. The summed E-state index contributed by atoms with van der Waals surface area (Å²) in [5.74, 6) is 0.595. The molecule has 0 saturated heterocycles. The summed E-state index contributed by atoms with van der Waals surface area (Å²) in [5.41, 5.74) is 10.5. The second-order valence-electron chi connectivity index (χ2n) is 4.99. The van der Waals surface area contributed by atoms with Gasteiger partial charge in [-0.15, -0.1) is 0 Å². The fourth-order valence-electron chi connectivity index (χ4n) is 2.34. The molecular weight excluding hydrogens is 232 g/mol. The van der Waals surface area contributed by atoms with Crippen LogP contribution in [-0.4, -0.2) is 4.98 Å². The molecule has 2 N–H and O–H groups in total. The maximum atomic E-state index is 6.09. The second-order valence-corrected chi connectivity index (χ2v) is 4.99. The van der Waals surface area contributed by atoms with Crippen molar-refractivity contribution in [3.05, 3.63) is 59.7 Å². The number of anilines is 1. The highest BCUT2D eigenvalue weighted by molar-refractivity contribution is 5.94. The Balaban J connectivity index is 2.24. The molecule has 19 heavy (non-hydrogen) atoms. The van der Waals surface area contributed by atoms with Crippen molar-refractivity contribution in [2.45, 2.75) is 13.8 Å². The van der Waals surface area contributed by atoms with Crippen LogP contribution in [0.15, 0.2) is 48.5 Å². The van der Waals surface area contributed by atoms with E-state index in [0.29, 0.717) is 5.82 Å². The lowest BCUT2D eigenvalue weighted by Gasteiger charge is -2.08. The van der Waals surface area contributed by atoms with Crippen LogP contribution in [0.4, 0.5) is 5.82 Å². The smallest absolute Gasteiger partial charge is 0.131 e. The van der Waals surface area contributed by atoms with E-state index in [1.807, 2.05) is 6.07 Å². The monoisotopic (exact) mass is 248 g/mol. The number of aromatic nitrogens is 1. The molecule has 0 fully saturated rings. The average Bonchev–Trinajstić information content (AvgIpc) is 2.39. The molecule has 1 aromatic heterocycles. The van der Waals surface area contributed by atoms with Gasteiger partial charge in [0.2, 0.25) is 0 Å². The predicted octanol–water partition coefficient (Wildman–Crippen LogP) is 4.10. The Morgan fingerprint density at radius 2 is 1.68 bits per heavy atom. The Hall–Kier alpha value is -2.35. The zero-order valence-electron chi connectivity index (χ0n) is 11.1. The van der Waals surface area contributed by atoms with Crippen LogP contribution in [0.1, 0.15) is 11.1 Å². The fraction of sp³-hybridized carbons (Fsp3) is 0.118. The van der Waals surface area contributed by atoms with Crippen molar-refractivity contribution >= 4 is 16.6 Å². The van der Waals surface area contributed by atoms with Crippen molar-refractivity contribution < 1.29 is 0 Å². The molecule has 0 aliphatic carbocycles. The van der Waals surface area contributed by atoms with Gasteiger partial charge in [0.1, 0.15) is 5.82 Å². The Kier molecular flexibility index (Phi) is 2.71. The van der Waals surface area contributed by atoms with E-state index in [2.05, 4.69) is 61.3 Å². The standard InChI is InChI=1S/C17H16N2/c1-11-4-3-5-14(8-11)16-10-13-7-6-12(2)9-15(13)17(18)19-16/h3-10H,1-2H3,(H2,18,19). The van der Waals surface area contributed by atoms with Crippen molar-refractivity contribution in [2.24, 2.45) is 0 Å². The van der Waals surface area contributed by atoms with Crippen LogP contribution in [0, 0.1) is 13.8 Å². The zero-order valence-corrected chi connectivity index (χ0v) is 11.1. The highest BCUT2D eigenvalue weighted by Crippen LogP contribution is 2.27. The third-order valence-corrected chi connectivity index (χ3v) is 3.33. The van der Waals surface area contributed by atoms with E-state index in [4.69, 9.17) is 5.73 Å². The molecule has 2 heteroatoms. The number of nitrogen functional groups attached to an aromatic ring is 1. The molecule has 1 heterocycles. The first-order chi connectivity index (χ1) is 9.13. The van der Waals surface area contributed by atoms with Gasteiger partial charge in [-0.1, -0.05) is 41.5 Å². The van der Waals surface area contributed by atoms with E-state index in [0.717, 1.165) is 22.0 Å². The van der Waals surface area contributed by atoms with E-state index < -0.39 is 0 Å². The number of nitrogens with two attached hydrogens (primary N) is 1. The Labute approximate surface area is 112 Å².